The van der Waals surface area contributed by atoms with Crippen LogP contribution in [0, 0.1) is 0 Å². The molecule has 1 aromatic rings. The first-order valence-electron chi connectivity index (χ1n) is 5.19. The van der Waals surface area contributed by atoms with Gasteiger partial charge in [0.25, 0.3) is 0 Å². The van der Waals surface area contributed by atoms with Crippen LogP contribution in [0.3, 0.4) is 0 Å². The Balaban J connectivity index is 2.15. The minimum Gasteiger partial charge on any atom is -0.392 e. The van der Waals surface area contributed by atoms with Gasteiger partial charge in [-0.15, -0.1) is 0 Å². The van der Waals surface area contributed by atoms with Crippen molar-refractivity contribution in [3.63, 3.8) is 0 Å². The monoisotopic (exact) mass is 191 g/mol. The Hall–Kier alpha value is -1.09. The van der Waals surface area contributed by atoms with Gasteiger partial charge in [0.15, 0.2) is 5.78 Å². The Labute approximate surface area is 82.1 Å². The fraction of sp³-hybridized carbons (Fsp3) is 0.545. The lowest BCUT2D eigenvalue weighted by Gasteiger charge is -2.16. The van der Waals surface area contributed by atoms with Crippen LogP contribution in [0.25, 0.3) is 0 Å². The third kappa shape index (κ3) is 0.989. The highest BCUT2D eigenvalue weighted by atomic mass is 16.3. The molecule has 0 amide bonds. The first-order valence-corrected chi connectivity index (χ1v) is 5.19. The molecule has 0 aromatic carbocycles. The van der Waals surface area contributed by atoms with Crippen LogP contribution in [-0.2, 0) is 19.3 Å². The van der Waals surface area contributed by atoms with Gasteiger partial charge in [0.1, 0.15) is 0 Å². The standard InChI is InChI=1S/C11H13NO2/c13-6-4-9-11(10(14)5-6)7-2-1-3-8(7)12-9/h6,12-13H,1-5H2. The van der Waals surface area contributed by atoms with Crippen LogP contribution in [0.4, 0.5) is 0 Å². The van der Waals surface area contributed by atoms with Crippen molar-refractivity contribution in [2.45, 2.75) is 38.2 Å². The number of aliphatic hydroxyl groups excluding tert-OH is 1. The predicted molar refractivity (Wildman–Crippen MR) is 51.5 cm³/mol. The number of hydrogen-bond acceptors (Lipinski definition) is 2. The van der Waals surface area contributed by atoms with E-state index in [2.05, 4.69) is 4.98 Å². The number of fused-ring (bicyclic) bond motifs is 3. The number of carbonyl (C=O) groups excluding carboxylic acids is 1. The predicted octanol–water partition coefficient (Wildman–Crippen LogP) is 0.993. The SMILES string of the molecule is O=C1CC(O)Cc2[nH]c3c(c21)CCC3. The molecule has 0 bridgehead atoms. The molecule has 14 heavy (non-hydrogen) atoms. The summed E-state index contributed by atoms with van der Waals surface area (Å²) in [6.07, 6.45) is 3.69. The Morgan fingerprint density at radius 1 is 1.21 bits per heavy atom. The van der Waals surface area contributed by atoms with Gasteiger partial charge in [-0.1, -0.05) is 0 Å². The summed E-state index contributed by atoms with van der Waals surface area (Å²) in [7, 11) is 0. The number of Topliss-reactive ketones (excluding diaryl/α,β-unsaturated/α-hetero) is 1. The van der Waals surface area contributed by atoms with Crippen molar-refractivity contribution in [1.29, 1.82) is 0 Å². The number of ketones is 1. The maximum atomic E-state index is 11.7. The number of hydrogen-bond donors (Lipinski definition) is 2. The number of rotatable bonds is 0. The summed E-state index contributed by atoms with van der Waals surface area (Å²) in [6, 6.07) is 0. The molecule has 2 aliphatic rings. The van der Waals surface area contributed by atoms with Gasteiger partial charge in [-0.2, -0.15) is 0 Å². The molecule has 1 atom stereocenters. The third-order valence-corrected chi connectivity index (χ3v) is 3.26. The van der Waals surface area contributed by atoms with Gasteiger partial charge in [-0.05, 0) is 24.8 Å². The Bertz CT molecular complexity index is 406. The highest BCUT2D eigenvalue weighted by Crippen LogP contribution is 2.32. The van der Waals surface area contributed by atoms with Crippen molar-refractivity contribution in [2.75, 3.05) is 0 Å². The van der Waals surface area contributed by atoms with E-state index in [-0.39, 0.29) is 5.78 Å². The molecule has 0 fully saturated rings. The fourth-order valence-electron chi connectivity index (χ4n) is 2.70. The van der Waals surface area contributed by atoms with Crippen molar-refractivity contribution >= 4 is 5.78 Å². The minimum absolute atomic E-state index is 0.123. The molecule has 3 heteroatoms. The number of carbonyl (C=O) groups is 1. The van der Waals surface area contributed by atoms with E-state index >= 15 is 0 Å². The molecule has 2 N–H and O–H groups in total. The fourth-order valence-corrected chi connectivity index (χ4v) is 2.70. The van der Waals surface area contributed by atoms with E-state index in [1.54, 1.807) is 0 Å². The molecular formula is C11H13NO2. The molecule has 0 aliphatic heterocycles. The maximum Gasteiger partial charge on any atom is 0.167 e. The first kappa shape index (κ1) is 8.24. The number of aliphatic hydroxyl groups is 1. The molecule has 1 unspecified atom stereocenters. The second kappa shape index (κ2) is 2.70. The number of aryl methyl sites for hydroxylation is 1. The smallest absolute Gasteiger partial charge is 0.167 e. The van der Waals surface area contributed by atoms with E-state index in [4.69, 9.17) is 0 Å². The summed E-state index contributed by atoms with van der Waals surface area (Å²) >= 11 is 0. The Morgan fingerprint density at radius 2 is 2.07 bits per heavy atom. The minimum atomic E-state index is -0.478. The molecule has 0 spiro atoms. The highest BCUT2D eigenvalue weighted by Gasteiger charge is 2.31. The summed E-state index contributed by atoms with van der Waals surface area (Å²) in [4.78, 5) is 15.0. The molecule has 0 saturated heterocycles. The van der Waals surface area contributed by atoms with Crippen LogP contribution in [-0.4, -0.2) is 22.0 Å². The van der Waals surface area contributed by atoms with Gasteiger partial charge >= 0.3 is 0 Å². The molecule has 0 radical (unpaired) electrons. The Kier molecular flexibility index (Phi) is 1.59. The first-order chi connectivity index (χ1) is 6.75. The lowest BCUT2D eigenvalue weighted by molar-refractivity contribution is 0.0851. The van der Waals surface area contributed by atoms with Crippen LogP contribution in [0.5, 0.6) is 0 Å². The molecule has 2 aliphatic carbocycles. The van der Waals surface area contributed by atoms with E-state index in [1.165, 1.54) is 11.3 Å². The number of nitrogens with one attached hydrogen (secondary N) is 1. The number of aromatic nitrogens is 1. The van der Waals surface area contributed by atoms with Gasteiger partial charge in [-0.25, -0.2) is 0 Å². The summed E-state index contributed by atoms with van der Waals surface area (Å²) in [5, 5.41) is 9.48. The highest BCUT2D eigenvalue weighted by molar-refractivity contribution is 6.00. The molecule has 3 nitrogen and oxygen atoms in total. The van der Waals surface area contributed by atoms with E-state index in [1.807, 2.05) is 0 Å². The summed E-state index contributed by atoms with van der Waals surface area (Å²) in [6.45, 7) is 0. The van der Waals surface area contributed by atoms with E-state index in [0.717, 1.165) is 30.5 Å². The molecule has 3 rings (SSSR count). The summed E-state index contributed by atoms with van der Waals surface area (Å²) < 4.78 is 0. The molecule has 0 saturated carbocycles. The third-order valence-electron chi connectivity index (χ3n) is 3.26. The molecular weight excluding hydrogens is 178 g/mol. The van der Waals surface area contributed by atoms with Gasteiger partial charge in [0, 0.05) is 29.8 Å². The summed E-state index contributed by atoms with van der Waals surface area (Å²) in [5.74, 6) is 0.123. The quantitative estimate of drug-likeness (QED) is 0.642. The second-order valence-corrected chi connectivity index (χ2v) is 4.27. The molecule has 1 aromatic heterocycles. The summed E-state index contributed by atoms with van der Waals surface area (Å²) in [5.41, 5.74) is 4.34. The lowest BCUT2D eigenvalue weighted by atomic mass is 9.91. The van der Waals surface area contributed by atoms with Crippen LogP contribution in [0.15, 0.2) is 0 Å². The van der Waals surface area contributed by atoms with Crippen molar-refractivity contribution in [3.05, 3.63) is 22.5 Å². The van der Waals surface area contributed by atoms with Crippen molar-refractivity contribution in [1.82, 2.24) is 4.98 Å². The van der Waals surface area contributed by atoms with Gasteiger partial charge in [0.2, 0.25) is 0 Å². The molecule has 1 heterocycles. The normalized spacial score (nSPS) is 24.9. The Morgan fingerprint density at radius 3 is 2.93 bits per heavy atom. The van der Waals surface area contributed by atoms with E-state index in [0.29, 0.717) is 12.8 Å². The maximum absolute atomic E-state index is 11.7. The van der Waals surface area contributed by atoms with Crippen molar-refractivity contribution < 1.29 is 9.90 Å². The zero-order valence-corrected chi connectivity index (χ0v) is 7.97. The van der Waals surface area contributed by atoms with Crippen LogP contribution in [0.2, 0.25) is 0 Å². The topological polar surface area (TPSA) is 53.1 Å². The van der Waals surface area contributed by atoms with Crippen molar-refractivity contribution in [3.8, 4) is 0 Å². The van der Waals surface area contributed by atoms with Crippen LogP contribution >= 0.6 is 0 Å². The zero-order chi connectivity index (χ0) is 9.71. The average molecular weight is 191 g/mol. The lowest BCUT2D eigenvalue weighted by Crippen LogP contribution is -2.24. The van der Waals surface area contributed by atoms with Crippen LogP contribution < -0.4 is 0 Å². The van der Waals surface area contributed by atoms with Gasteiger partial charge < -0.3 is 10.1 Å². The second-order valence-electron chi connectivity index (χ2n) is 4.27. The largest absolute Gasteiger partial charge is 0.392 e. The number of H-pyrrole nitrogens is 1. The van der Waals surface area contributed by atoms with E-state index in [9.17, 15) is 9.90 Å². The number of aromatic amines is 1. The van der Waals surface area contributed by atoms with Crippen LogP contribution in [0.1, 0.15) is 40.2 Å². The average Bonchev–Trinajstić information content (AvgIpc) is 2.60. The molecule has 74 valence electrons. The van der Waals surface area contributed by atoms with Gasteiger partial charge in [-0.3, -0.25) is 4.79 Å². The van der Waals surface area contributed by atoms with Crippen molar-refractivity contribution in [2.24, 2.45) is 0 Å². The van der Waals surface area contributed by atoms with E-state index < -0.39 is 6.10 Å². The van der Waals surface area contributed by atoms with Gasteiger partial charge in [0.05, 0.1) is 6.10 Å². The zero-order valence-electron chi connectivity index (χ0n) is 7.97.